The molecule has 0 radical (unpaired) electrons. The van der Waals surface area contributed by atoms with Crippen LogP contribution in [-0.4, -0.2) is 241 Å². The van der Waals surface area contributed by atoms with E-state index in [1.807, 2.05) is 32.0 Å². The smallest absolute Gasteiger partial charge is 0.410 e. The number of methoxy groups -OCH3 is 2. The molecule has 0 spiro atoms. The Bertz CT molecular complexity index is 3090. The summed E-state index contributed by atoms with van der Waals surface area (Å²) in [7, 11) is 6.09. The highest BCUT2D eigenvalue weighted by molar-refractivity contribution is 5.98. The molecule has 0 saturated carbocycles. The summed E-state index contributed by atoms with van der Waals surface area (Å²) in [6.07, 6.45) is 7.21. The van der Waals surface area contributed by atoms with Crippen LogP contribution in [0, 0.1) is 29.6 Å². The minimum Gasteiger partial charge on any atom is -0.446 e. The van der Waals surface area contributed by atoms with Crippen molar-refractivity contribution < 1.29 is 90.9 Å². The van der Waals surface area contributed by atoms with Gasteiger partial charge in [-0.05, 0) is 112 Å². The van der Waals surface area contributed by atoms with E-state index >= 15 is 0 Å². The molecule has 11 amide bonds. The molecule has 1 aliphatic heterocycles. The molecule has 2 aromatic carbocycles. The number of likely N-dealkylation sites (N-methyl/N-ethyl adjacent to an activating group) is 2. The second kappa shape index (κ2) is 49.9. The van der Waals surface area contributed by atoms with E-state index in [-0.39, 0.29) is 88.4 Å². The molecule has 10 N–H and O–H groups in total. The van der Waals surface area contributed by atoms with Gasteiger partial charge in [-0.2, -0.15) is 0 Å². The fourth-order valence-electron chi connectivity index (χ4n) is 13.3. The molecule has 4 rings (SSSR count). The third-order valence-corrected chi connectivity index (χ3v) is 19.6. The van der Waals surface area contributed by atoms with Crippen LogP contribution in [0.1, 0.15) is 164 Å². The molecule has 2 aliphatic rings. The number of amides is 11. The molecule has 13 atom stereocenters. The Morgan fingerprint density at radius 2 is 1.27 bits per heavy atom. The third kappa shape index (κ3) is 31.9. The molecule has 1 fully saturated rings. The van der Waals surface area contributed by atoms with Gasteiger partial charge in [-0.15, -0.1) is 0 Å². The van der Waals surface area contributed by atoms with Gasteiger partial charge in [0.15, 0.2) is 0 Å². The Balaban J connectivity index is 1.26. The van der Waals surface area contributed by atoms with Gasteiger partial charge >= 0.3 is 18.2 Å². The summed E-state index contributed by atoms with van der Waals surface area (Å²) in [5.41, 5.74) is 6.80. The van der Waals surface area contributed by atoms with Gasteiger partial charge in [0.05, 0.1) is 102 Å². The minimum atomic E-state index is -1.12. The van der Waals surface area contributed by atoms with Crippen molar-refractivity contribution in [3.8, 4) is 0 Å². The number of alkyl carbamates (subject to hydrolysis) is 1. The lowest BCUT2D eigenvalue weighted by Gasteiger charge is -2.41. The number of nitrogens with one attached hydrogen (secondary N) is 7. The molecular weight excluding hydrogens is 1390 g/mol. The predicted octanol–water partition coefficient (Wildman–Crippen LogP) is 6.66. The number of ether oxygens (including phenoxy) is 8. The zero-order chi connectivity index (χ0) is 79.8. The average molecular weight is 1520 g/mol. The average Bonchev–Trinajstić information content (AvgIpc) is 1.48. The van der Waals surface area contributed by atoms with Gasteiger partial charge in [-0.1, -0.05) is 123 Å². The first-order valence-corrected chi connectivity index (χ1v) is 38.3. The first-order valence-electron chi connectivity index (χ1n) is 38.3. The van der Waals surface area contributed by atoms with E-state index < -0.39 is 126 Å². The van der Waals surface area contributed by atoms with E-state index in [0.717, 1.165) is 32.1 Å². The number of aliphatic hydroxyl groups excluding tert-OH is 1. The van der Waals surface area contributed by atoms with Crippen LogP contribution in [-0.2, 0) is 78.1 Å². The van der Waals surface area contributed by atoms with Crippen molar-refractivity contribution in [2.75, 3.05) is 106 Å². The zero-order valence-electron chi connectivity index (χ0n) is 66.3. The summed E-state index contributed by atoms with van der Waals surface area (Å²) in [6, 6.07) is 8.72. The summed E-state index contributed by atoms with van der Waals surface area (Å²) in [5, 5.41) is 30.4. The molecular formula is C78H127N11O19. The van der Waals surface area contributed by atoms with Crippen molar-refractivity contribution in [3.63, 3.8) is 0 Å². The molecule has 30 heteroatoms. The number of likely N-dealkylation sites (tertiary alicyclic amines) is 1. The van der Waals surface area contributed by atoms with Crippen LogP contribution in [0.25, 0.3) is 0 Å². The van der Waals surface area contributed by atoms with Crippen molar-refractivity contribution in [2.45, 2.75) is 220 Å². The number of aliphatic hydroxyl groups is 1. The second-order valence-corrected chi connectivity index (χ2v) is 28.9. The monoisotopic (exact) mass is 1520 g/mol. The summed E-state index contributed by atoms with van der Waals surface area (Å²) < 4.78 is 45.5. The van der Waals surface area contributed by atoms with Gasteiger partial charge in [0.2, 0.25) is 41.4 Å². The summed E-state index contributed by atoms with van der Waals surface area (Å²) in [5.74, 6) is -5.36. The van der Waals surface area contributed by atoms with Crippen molar-refractivity contribution in [1.29, 1.82) is 0 Å². The number of primary amides is 1. The minimum absolute atomic E-state index is 0.0538. The van der Waals surface area contributed by atoms with Crippen LogP contribution >= 0.6 is 0 Å². The largest absolute Gasteiger partial charge is 0.446 e. The van der Waals surface area contributed by atoms with Gasteiger partial charge in [-0.3, -0.25) is 38.5 Å². The maximum absolute atomic E-state index is 14.9. The molecule has 1 aliphatic carbocycles. The number of benzene rings is 2. The number of urea groups is 1. The van der Waals surface area contributed by atoms with E-state index in [2.05, 4.69) is 49.4 Å². The van der Waals surface area contributed by atoms with E-state index in [4.69, 9.17) is 43.6 Å². The van der Waals surface area contributed by atoms with Gasteiger partial charge in [0.1, 0.15) is 36.9 Å². The van der Waals surface area contributed by atoms with Crippen LogP contribution < -0.4 is 43.0 Å². The summed E-state index contributed by atoms with van der Waals surface area (Å²) in [4.78, 5) is 140. The van der Waals surface area contributed by atoms with Crippen LogP contribution in [0.2, 0.25) is 0 Å². The van der Waals surface area contributed by atoms with Gasteiger partial charge in [0.25, 0.3) is 0 Å². The maximum atomic E-state index is 14.9. The molecule has 0 aromatic heterocycles. The van der Waals surface area contributed by atoms with E-state index in [9.17, 15) is 53.1 Å². The van der Waals surface area contributed by atoms with Crippen LogP contribution in [0.5, 0.6) is 0 Å². The van der Waals surface area contributed by atoms with Crippen molar-refractivity contribution in [3.05, 3.63) is 77.9 Å². The Morgan fingerprint density at radius 1 is 0.639 bits per heavy atom. The number of rotatable bonds is 48. The number of carbonyl (C=O) groups excluding carboxylic acids is 10. The van der Waals surface area contributed by atoms with Gasteiger partial charge in [-0.25, -0.2) is 14.4 Å². The Morgan fingerprint density at radius 3 is 1.87 bits per heavy atom. The molecule has 2 aromatic rings. The maximum Gasteiger partial charge on any atom is 0.410 e. The fraction of sp³-hybridized carbons (Fsp3) is 0.692. The van der Waals surface area contributed by atoms with E-state index in [0.29, 0.717) is 82.2 Å². The van der Waals surface area contributed by atoms with Crippen molar-refractivity contribution >= 4 is 65.3 Å². The quantitative estimate of drug-likeness (QED) is 0.0247. The SMILES string of the molecule is CC[C@H](C)[C@@H]([C@@H](CC(=O)N1CCC[C@H]1[C@H](OC)[C@@H](C)C(=O)N[C@H](C)[C@@H](O)c1ccccc1)OC)N(C)C(=O)[C@@H](NC(=O)[C@H](C(C)C)N(C)C(=O)OCc1ccc(NC(=O)[C@H](CCCNC(N)=O)NC(=O)[C@@H](NC(=O)CCOCCOCCOCCOCCNC(=O)OC2CC/C=C\CCC2)C(C)C)cc1)C(C)C. The number of nitrogens with zero attached hydrogens (tertiary/aromatic N) is 3. The Hall–Kier alpha value is -8.00. The van der Waals surface area contributed by atoms with Crippen molar-refractivity contribution in [2.24, 2.45) is 35.3 Å². The van der Waals surface area contributed by atoms with E-state index in [1.165, 1.54) is 26.2 Å². The van der Waals surface area contributed by atoms with E-state index in [1.54, 1.807) is 109 Å². The van der Waals surface area contributed by atoms with Gasteiger partial charge in [0, 0.05) is 60.1 Å². The highest BCUT2D eigenvalue weighted by Gasteiger charge is 2.44. The molecule has 0 bridgehead atoms. The first kappa shape index (κ1) is 92.4. The first-order chi connectivity index (χ1) is 51.5. The lowest BCUT2D eigenvalue weighted by Crippen LogP contribution is -2.60. The van der Waals surface area contributed by atoms with Crippen LogP contribution in [0.15, 0.2) is 66.7 Å². The summed E-state index contributed by atoms with van der Waals surface area (Å²) in [6.45, 7) is 20.9. The Labute approximate surface area is 639 Å². The molecule has 608 valence electrons. The number of anilines is 1. The lowest BCUT2D eigenvalue weighted by atomic mass is 9.89. The molecule has 1 unspecified atom stereocenters. The summed E-state index contributed by atoms with van der Waals surface area (Å²) >= 11 is 0. The zero-order valence-corrected chi connectivity index (χ0v) is 66.3. The lowest BCUT2D eigenvalue weighted by molar-refractivity contribution is -0.148. The molecule has 1 heterocycles. The Kier molecular flexibility index (Phi) is 42.7. The van der Waals surface area contributed by atoms with Gasteiger partial charge < -0.3 is 95.8 Å². The van der Waals surface area contributed by atoms with Crippen LogP contribution in [0.4, 0.5) is 20.1 Å². The molecule has 108 heavy (non-hydrogen) atoms. The molecule has 1 saturated heterocycles. The second-order valence-electron chi connectivity index (χ2n) is 28.9. The molecule has 30 nitrogen and oxygen atoms in total. The highest BCUT2D eigenvalue weighted by atomic mass is 16.6. The standard InChI is InChI=1S/C78H127N11O19/c1-15-53(8)68(62(101-13)48-64(91)89-39-25-31-61(89)70(102-14)54(9)71(93)82-55(10)69(92)57-26-20-19-21-27-57)87(11)75(97)66(51(4)5)86-74(96)67(52(6)7)88(12)78(100)107-49-56-32-34-58(35-33-56)83-72(94)60(30-24-37-80-76(79)98)84-73(95)65(50(2)3)85-63(90)36-40-103-42-44-105-46-47-106-45-43-104-41-38-81-77(99)108-59-28-22-17-16-18-23-29-59/h16-17,19-21,26-27,32-35,50-55,59-62,65-70,92H,15,18,22-25,28-31,36-49H2,1-14H3,(H,81,99)(H,82,93)(H,83,94)(H,84,95)(H,85,90)(H,86,96)(H3,79,80,98)/b17-16-/t53-,54+,55+,59?,60-,61-,62+,65-,66-,67-,68-,69+,70+/m0/s1. The topological polar surface area (TPSA) is 385 Å². The number of hydrogen-bond acceptors (Lipinski definition) is 19. The number of nitrogens with two attached hydrogens (primary N) is 1. The number of allylic oxidation sites excluding steroid dienone is 2. The normalized spacial score (nSPS) is 17.9. The third-order valence-electron chi connectivity index (χ3n) is 19.6. The van der Waals surface area contributed by atoms with Crippen molar-refractivity contribution in [1.82, 2.24) is 46.6 Å². The fourth-order valence-corrected chi connectivity index (χ4v) is 13.3. The highest BCUT2D eigenvalue weighted by Crippen LogP contribution is 2.31. The predicted molar refractivity (Wildman–Crippen MR) is 407 cm³/mol. The number of carbonyl (C=O) groups is 10. The van der Waals surface area contributed by atoms with Crippen LogP contribution in [0.3, 0.4) is 0 Å². The number of hydrogen-bond donors (Lipinski definition) is 9.